The Labute approximate surface area is 159 Å². The lowest BCUT2D eigenvalue weighted by Gasteiger charge is -2.17. The Hall–Kier alpha value is -2.40. The van der Waals surface area contributed by atoms with Gasteiger partial charge in [-0.1, -0.05) is 17.7 Å². The van der Waals surface area contributed by atoms with E-state index < -0.39 is 0 Å². The van der Waals surface area contributed by atoms with Gasteiger partial charge in [0.05, 0.1) is 19.8 Å². The smallest absolute Gasteiger partial charge is 0.255 e. The van der Waals surface area contributed by atoms with Crippen molar-refractivity contribution in [2.24, 2.45) is 0 Å². The zero-order valence-electron chi connectivity index (χ0n) is 15.5. The number of carbonyl (C=O) groups excluding carboxylic acids is 1. The van der Waals surface area contributed by atoms with Crippen molar-refractivity contribution in [3.63, 3.8) is 0 Å². The van der Waals surface area contributed by atoms with E-state index >= 15 is 0 Å². The topological polar surface area (TPSA) is 56.8 Å². The Balaban J connectivity index is 2.36. The summed E-state index contributed by atoms with van der Waals surface area (Å²) in [6.45, 7) is 8.90. The number of hydrogen-bond donors (Lipinski definition) is 1. The molecule has 0 fully saturated rings. The fourth-order valence-corrected chi connectivity index (χ4v) is 2.57. The number of anilines is 1. The van der Waals surface area contributed by atoms with Gasteiger partial charge in [0.15, 0.2) is 11.5 Å². The first-order chi connectivity index (χ1) is 12.5. The number of rotatable bonds is 8. The second-order valence-corrected chi connectivity index (χ2v) is 5.93. The van der Waals surface area contributed by atoms with Gasteiger partial charge in [0.25, 0.3) is 5.91 Å². The van der Waals surface area contributed by atoms with Crippen LogP contribution in [0.3, 0.4) is 0 Å². The monoisotopic (exact) mass is 377 g/mol. The molecule has 0 saturated heterocycles. The SMILES string of the molecule is CCOc1cc(C(=O)Nc2ccc(C)c(Cl)c2)cc(OCC)c1OCC. The van der Waals surface area contributed by atoms with Crippen molar-refractivity contribution in [3.05, 3.63) is 46.5 Å². The highest BCUT2D eigenvalue weighted by Crippen LogP contribution is 2.39. The first-order valence-corrected chi connectivity index (χ1v) is 9.01. The van der Waals surface area contributed by atoms with E-state index in [-0.39, 0.29) is 5.91 Å². The van der Waals surface area contributed by atoms with E-state index in [1.54, 1.807) is 24.3 Å². The number of carbonyl (C=O) groups is 1. The van der Waals surface area contributed by atoms with Gasteiger partial charge < -0.3 is 19.5 Å². The third-order valence-corrected chi connectivity index (χ3v) is 4.01. The van der Waals surface area contributed by atoms with E-state index in [9.17, 15) is 4.79 Å². The lowest BCUT2D eigenvalue weighted by Crippen LogP contribution is -2.13. The number of amides is 1. The zero-order chi connectivity index (χ0) is 19.1. The molecule has 2 aromatic rings. The normalized spacial score (nSPS) is 10.3. The van der Waals surface area contributed by atoms with Crippen molar-refractivity contribution in [2.45, 2.75) is 27.7 Å². The van der Waals surface area contributed by atoms with Gasteiger partial charge in [-0.3, -0.25) is 4.79 Å². The molecule has 1 N–H and O–H groups in total. The summed E-state index contributed by atoms with van der Waals surface area (Å²) in [7, 11) is 0. The van der Waals surface area contributed by atoms with Crippen LogP contribution in [0.1, 0.15) is 36.7 Å². The Morgan fingerprint density at radius 1 is 0.962 bits per heavy atom. The highest BCUT2D eigenvalue weighted by atomic mass is 35.5. The maximum absolute atomic E-state index is 12.7. The number of hydrogen-bond acceptors (Lipinski definition) is 4. The van der Waals surface area contributed by atoms with Gasteiger partial charge in [0.2, 0.25) is 5.75 Å². The summed E-state index contributed by atoms with van der Waals surface area (Å²) in [5, 5.41) is 3.44. The highest BCUT2D eigenvalue weighted by Gasteiger charge is 2.18. The molecule has 0 spiro atoms. The summed E-state index contributed by atoms with van der Waals surface area (Å²) in [6.07, 6.45) is 0. The molecular weight excluding hydrogens is 354 g/mol. The minimum atomic E-state index is -0.283. The molecule has 0 aliphatic heterocycles. The van der Waals surface area contributed by atoms with E-state index in [2.05, 4.69) is 5.32 Å². The summed E-state index contributed by atoms with van der Waals surface area (Å²) in [4.78, 5) is 12.7. The lowest BCUT2D eigenvalue weighted by molar-refractivity contribution is 0.102. The predicted octanol–water partition coefficient (Wildman–Crippen LogP) is 5.10. The van der Waals surface area contributed by atoms with Crippen LogP contribution in [-0.4, -0.2) is 25.7 Å². The number of halogens is 1. The minimum Gasteiger partial charge on any atom is -0.490 e. The summed E-state index contributed by atoms with van der Waals surface area (Å²) >= 11 is 6.12. The average Bonchev–Trinajstić information content (AvgIpc) is 2.61. The fraction of sp³-hybridized carbons (Fsp3) is 0.350. The summed E-state index contributed by atoms with van der Waals surface area (Å²) in [5.74, 6) is 1.18. The molecule has 6 heteroatoms. The van der Waals surface area contributed by atoms with Gasteiger partial charge in [-0.05, 0) is 57.5 Å². The molecule has 0 aliphatic carbocycles. The van der Waals surface area contributed by atoms with Gasteiger partial charge in [-0.2, -0.15) is 0 Å². The molecule has 0 saturated carbocycles. The summed E-state index contributed by atoms with van der Waals surface area (Å²) in [5.41, 5.74) is 1.98. The molecule has 2 rings (SSSR count). The molecule has 1 amide bonds. The lowest BCUT2D eigenvalue weighted by atomic mass is 10.1. The molecule has 0 radical (unpaired) electrons. The summed E-state index contributed by atoms with van der Waals surface area (Å²) < 4.78 is 16.9. The van der Waals surface area contributed by atoms with E-state index in [4.69, 9.17) is 25.8 Å². The quantitative estimate of drug-likeness (QED) is 0.695. The fourth-order valence-electron chi connectivity index (χ4n) is 2.39. The van der Waals surface area contributed by atoms with Crippen molar-refractivity contribution in [1.29, 1.82) is 0 Å². The number of aryl methyl sites for hydroxylation is 1. The van der Waals surface area contributed by atoms with Crippen molar-refractivity contribution in [3.8, 4) is 17.2 Å². The van der Waals surface area contributed by atoms with E-state index in [0.29, 0.717) is 53.3 Å². The number of benzene rings is 2. The molecule has 2 aromatic carbocycles. The van der Waals surface area contributed by atoms with Crippen molar-refractivity contribution in [1.82, 2.24) is 0 Å². The van der Waals surface area contributed by atoms with Crippen LogP contribution >= 0.6 is 11.6 Å². The van der Waals surface area contributed by atoms with E-state index in [0.717, 1.165) is 5.56 Å². The Kier molecular flexibility index (Phi) is 7.16. The van der Waals surface area contributed by atoms with Gasteiger partial charge in [0, 0.05) is 16.3 Å². The van der Waals surface area contributed by atoms with Crippen molar-refractivity contribution < 1.29 is 19.0 Å². The van der Waals surface area contributed by atoms with Crippen LogP contribution in [0.25, 0.3) is 0 Å². The maximum Gasteiger partial charge on any atom is 0.255 e. The van der Waals surface area contributed by atoms with Crippen LogP contribution in [0.5, 0.6) is 17.2 Å². The standard InChI is InChI=1S/C20H24ClNO4/c1-5-24-17-10-14(11-18(25-6-2)19(17)26-7-3)20(23)22-15-9-8-13(4)16(21)12-15/h8-12H,5-7H2,1-4H3,(H,22,23). The Morgan fingerprint density at radius 3 is 2.04 bits per heavy atom. The average molecular weight is 378 g/mol. The molecule has 140 valence electrons. The Bertz CT molecular complexity index is 749. The van der Waals surface area contributed by atoms with Crippen LogP contribution in [0.4, 0.5) is 5.69 Å². The van der Waals surface area contributed by atoms with E-state index in [1.165, 1.54) is 0 Å². The molecule has 0 aliphatic rings. The molecule has 26 heavy (non-hydrogen) atoms. The molecule has 0 atom stereocenters. The molecule has 0 heterocycles. The van der Waals surface area contributed by atoms with Gasteiger partial charge >= 0.3 is 0 Å². The van der Waals surface area contributed by atoms with Crippen LogP contribution in [-0.2, 0) is 0 Å². The van der Waals surface area contributed by atoms with Gasteiger partial charge in [-0.15, -0.1) is 0 Å². The van der Waals surface area contributed by atoms with Crippen molar-refractivity contribution >= 4 is 23.2 Å². The Morgan fingerprint density at radius 2 is 1.54 bits per heavy atom. The van der Waals surface area contributed by atoms with Crippen LogP contribution in [0.2, 0.25) is 5.02 Å². The van der Waals surface area contributed by atoms with E-state index in [1.807, 2.05) is 33.8 Å². The van der Waals surface area contributed by atoms with Crippen LogP contribution in [0, 0.1) is 6.92 Å². The summed E-state index contributed by atoms with van der Waals surface area (Å²) in [6, 6.07) is 8.69. The minimum absolute atomic E-state index is 0.283. The molecular formula is C20H24ClNO4. The van der Waals surface area contributed by atoms with Crippen LogP contribution in [0.15, 0.2) is 30.3 Å². The first-order valence-electron chi connectivity index (χ1n) is 8.64. The van der Waals surface area contributed by atoms with Crippen LogP contribution < -0.4 is 19.5 Å². The number of ether oxygens (including phenoxy) is 3. The van der Waals surface area contributed by atoms with Gasteiger partial charge in [-0.25, -0.2) is 0 Å². The first kappa shape index (κ1) is 19.9. The second kappa shape index (κ2) is 9.34. The second-order valence-electron chi connectivity index (χ2n) is 5.52. The van der Waals surface area contributed by atoms with Gasteiger partial charge in [0.1, 0.15) is 0 Å². The maximum atomic E-state index is 12.7. The molecule has 0 unspecified atom stereocenters. The molecule has 0 aromatic heterocycles. The molecule has 0 bridgehead atoms. The largest absolute Gasteiger partial charge is 0.490 e. The number of nitrogens with one attached hydrogen (secondary N) is 1. The third kappa shape index (κ3) is 4.82. The van der Waals surface area contributed by atoms with Crippen molar-refractivity contribution in [2.75, 3.05) is 25.1 Å². The zero-order valence-corrected chi connectivity index (χ0v) is 16.3. The third-order valence-electron chi connectivity index (χ3n) is 3.60. The highest BCUT2D eigenvalue weighted by molar-refractivity contribution is 6.31. The molecule has 5 nitrogen and oxygen atoms in total. The predicted molar refractivity (Wildman–Crippen MR) is 104 cm³/mol.